The maximum Gasteiger partial charge on any atom is 0.370 e. The molecule has 3 aromatic rings. The monoisotopic (exact) mass is 427 g/mol. The van der Waals surface area contributed by atoms with Crippen LogP contribution in [0.1, 0.15) is 26.7 Å². The van der Waals surface area contributed by atoms with Gasteiger partial charge in [0.25, 0.3) is 0 Å². The first-order valence-electron chi connectivity index (χ1n) is 10.8. The zero-order valence-electron chi connectivity index (χ0n) is 17.9. The zero-order valence-corrected chi connectivity index (χ0v) is 17.9. The molecule has 3 aromatic heterocycles. The van der Waals surface area contributed by atoms with Crippen LogP contribution in [0.5, 0.6) is 0 Å². The van der Waals surface area contributed by atoms with E-state index in [0.29, 0.717) is 18.9 Å². The topological polar surface area (TPSA) is 125 Å². The Labute approximate surface area is 179 Å². The number of H-pyrrole nitrogens is 1. The maximum atomic E-state index is 12.8. The molecule has 0 aromatic carbocycles. The fourth-order valence-corrected chi connectivity index (χ4v) is 3.79. The second-order valence-electron chi connectivity index (χ2n) is 7.47. The molecule has 31 heavy (non-hydrogen) atoms. The van der Waals surface area contributed by atoms with Crippen LogP contribution in [0.15, 0.2) is 27.9 Å². The van der Waals surface area contributed by atoms with Gasteiger partial charge in [-0.1, -0.05) is 0 Å². The van der Waals surface area contributed by atoms with Crippen molar-refractivity contribution in [2.45, 2.75) is 26.7 Å². The van der Waals surface area contributed by atoms with E-state index in [4.69, 9.17) is 0 Å². The van der Waals surface area contributed by atoms with E-state index < -0.39 is 11.2 Å². The van der Waals surface area contributed by atoms with Crippen molar-refractivity contribution >= 4 is 17.0 Å². The Hall–Kier alpha value is -3.34. The smallest absolute Gasteiger partial charge is 0.369 e. The fourth-order valence-electron chi connectivity index (χ4n) is 3.79. The van der Waals surface area contributed by atoms with Crippen LogP contribution in [0.4, 0.5) is 5.82 Å². The summed E-state index contributed by atoms with van der Waals surface area (Å²) in [5.41, 5.74) is 5.99. The third kappa shape index (κ3) is 4.26. The summed E-state index contributed by atoms with van der Waals surface area (Å²) in [7, 11) is 0. The minimum absolute atomic E-state index is 0.240. The van der Waals surface area contributed by atoms with Gasteiger partial charge in [-0.2, -0.15) is 9.35 Å². The predicted molar refractivity (Wildman–Crippen MR) is 122 cm³/mol. The number of fused-ring (bicyclic) bond motifs is 1. The number of anilines is 1. The van der Waals surface area contributed by atoms with Gasteiger partial charge in [0.2, 0.25) is 0 Å². The third-order valence-electron chi connectivity index (χ3n) is 5.30. The average Bonchev–Trinajstić information content (AvgIpc) is 3.45. The molecule has 1 fully saturated rings. The molecule has 0 aliphatic carbocycles. The highest BCUT2D eigenvalue weighted by atomic mass is 16.2. The van der Waals surface area contributed by atoms with Crippen molar-refractivity contribution in [3.05, 3.63) is 39.2 Å². The first-order valence-corrected chi connectivity index (χ1v) is 10.8. The van der Waals surface area contributed by atoms with Crippen LogP contribution < -0.4 is 27.4 Å². The number of aromatic nitrogens is 5. The van der Waals surface area contributed by atoms with Crippen LogP contribution >= 0.6 is 0 Å². The molecule has 1 aliphatic rings. The Morgan fingerprint density at radius 1 is 1.06 bits per heavy atom. The summed E-state index contributed by atoms with van der Waals surface area (Å²) in [6, 6.07) is 3.78. The van der Waals surface area contributed by atoms with E-state index in [2.05, 4.69) is 36.0 Å². The van der Waals surface area contributed by atoms with Gasteiger partial charge in [-0.25, -0.2) is 14.8 Å². The van der Waals surface area contributed by atoms with Crippen LogP contribution in [0.2, 0.25) is 0 Å². The van der Waals surface area contributed by atoms with Crippen LogP contribution in [-0.4, -0.2) is 68.5 Å². The number of hydrogen-bond donors (Lipinski definition) is 4. The number of hydrogen-bond acceptors (Lipinski definition) is 8. The largest absolute Gasteiger partial charge is 0.370 e. The number of imidazole rings is 1. The number of nitrogens with one attached hydrogen (secondary N) is 4. The number of likely N-dealkylation sites (tertiary alicyclic amines) is 1. The predicted octanol–water partition coefficient (Wildman–Crippen LogP) is 0.583. The lowest BCUT2D eigenvalue weighted by atomic mass is 10.2. The van der Waals surface area contributed by atoms with Gasteiger partial charge in [0.15, 0.2) is 11.2 Å². The van der Waals surface area contributed by atoms with Crippen molar-refractivity contribution in [1.82, 2.24) is 29.2 Å². The second-order valence-corrected chi connectivity index (χ2v) is 7.47. The molecule has 4 rings (SSSR count). The van der Waals surface area contributed by atoms with Crippen molar-refractivity contribution < 1.29 is 0 Å². The van der Waals surface area contributed by atoms with Crippen molar-refractivity contribution in [3.63, 3.8) is 0 Å². The zero-order chi connectivity index (χ0) is 21.8. The molecule has 0 radical (unpaired) electrons. The van der Waals surface area contributed by atoms with Gasteiger partial charge < -0.3 is 26.1 Å². The molecule has 1 aliphatic heterocycles. The second kappa shape index (κ2) is 9.21. The van der Waals surface area contributed by atoms with Crippen LogP contribution in [0.3, 0.4) is 0 Å². The highest BCUT2D eigenvalue weighted by Gasteiger charge is 2.18. The summed E-state index contributed by atoms with van der Waals surface area (Å²) in [6.45, 7) is 8.82. The highest BCUT2D eigenvalue weighted by molar-refractivity contribution is 5.75. The van der Waals surface area contributed by atoms with E-state index in [0.717, 1.165) is 29.1 Å². The first kappa shape index (κ1) is 20.9. The van der Waals surface area contributed by atoms with Crippen LogP contribution in [-0.2, 0) is 0 Å². The van der Waals surface area contributed by atoms with Crippen LogP contribution in [0.25, 0.3) is 22.6 Å². The van der Waals surface area contributed by atoms with Crippen LogP contribution in [0, 0.1) is 0 Å². The Kier molecular flexibility index (Phi) is 6.21. The van der Waals surface area contributed by atoms with Crippen molar-refractivity contribution in [2.75, 3.05) is 55.4 Å². The Balaban J connectivity index is 1.59. The number of aromatic amines is 1. The molecule has 0 atom stereocenters. The summed E-state index contributed by atoms with van der Waals surface area (Å²) >= 11 is 0. The first-order chi connectivity index (χ1) is 15.1. The minimum Gasteiger partial charge on any atom is -0.369 e. The number of rotatable bonds is 9. The molecule has 0 amide bonds. The standard InChI is InChI=1S/C20H29N9O2/c1-3-23-28-18-16(19(30)29(20(28)31)24-4-2)25-17(26-18)14-7-8-15(22-13-14)21-9-12-27-10-5-6-11-27/h7-8,13,23-24H,3-6,9-12H2,1-2H3,(H,21,22)(H,25,26). The summed E-state index contributed by atoms with van der Waals surface area (Å²) in [4.78, 5) is 39.9. The van der Waals surface area contributed by atoms with Gasteiger partial charge in [0.1, 0.15) is 11.6 Å². The summed E-state index contributed by atoms with van der Waals surface area (Å²) < 4.78 is 2.26. The quantitative estimate of drug-likeness (QED) is 0.391. The van der Waals surface area contributed by atoms with E-state index in [9.17, 15) is 9.59 Å². The fraction of sp³-hybridized carbons (Fsp3) is 0.500. The van der Waals surface area contributed by atoms with E-state index in [-0.39, 0.29) is 11.2 Å². The van der Waals surface area contributed by atoms with E-state index >= 15 is 0 Å². The summed E-state index contributed by atoms with van der Waals surface area (Å²) in [5.74, 6) is 1.27. The van der Waals surface area contributed by atoms with E-state index in [1.54, 1.807) is 6.20 Å². The summed E-state index contributed by atoms with van der Waals surface area (Å²) in [6.07, 6.45) is 4.27. The molecule has 4 N–H and O–H groups in total. The highest BCUT2D eigenvalue weighted by Crippen LogP contribution is 2.18. The Morgan fingerprint density at radius 3 is 2.48 bits per heavy atom. The van der Waals surface area contributed by atoms with Crippen molar-refractivity contribution in [1.29, 1.82) is 0 Å². The normalized spacial score (nSPS) is 14.3. The average molecular weight is 428 g/mol. The number of pyridine rings is 1. The Morgan fingerprint density at radius 2 is 1.81 bits per heavy atom. The van der Waals surface area contributed by atoms with E-state index in [1.807, 2.05) is 26.0 Å². The lowest BCUT2D eigenvalue weighted by Crippen LogP contribution is -2.47. The van der Waals surface area contributed by atoms with Gasteiger partial charge in [0.05, 0.1) is 0 Å². The molecule has 11 heteroatoms. The van der Waals surface area contributed by atoms with Gasteiger partial charge in [-0.3, -0.25) is 4.79 Å². The lowest BCUT2D eigenvalue weighted by Gasteiger charge is -2.14. The SMILES string of the molecule is CCNn1c(=O)c2[nH]c(-c3ccc(NCCN4CCCC4)nc3)nc2n(NCC)c1=O. The maximum absolute atomic E-state index is 12.8. The van der Waals surface area contributed by atoms with Crippen molar-refractivity contribution in [3.8, 4) is 11.4 Å². The molecule has 1 saturated heterocycles. The summed E-state index contributed by atoms with van der Waals surface area (Å²) in [5, 5.41) is 3.34. The number of nitrogens with zero attached hydrogens (tertiary/aromatic N) is 5. The molecule has 0 unspecified atom stereocenters. The molecule has 0 bridgehead atoms. The molecule has 0 spiro atoms. The molecule has 11 nitrogen and oxygen atoms in total. The van der Waals surface area contributed by atoms with Gasteiger partial charge in [-0.15, -0.1) is 0 Å². The molecular formula is C20H29N9O2. The van der Waals surface area contributed by atoms with Crippen molar-refractivity contribution in [2.24, 2.45) is 0 Å². The molecule has 0 saturated carbocycles. The lowest BCUT2D eigenvalue weighted by molar-refractivity contribution is 0.352. The van der Waals surface area contributed by atoms with Gasteiger partial charge in [-0.05, 0) is 51.9 Å². The molecule has 4 heterocycles. The molecular weight excluding hydrogens is 398 g/mol. The van der Waals surface area contributed by atoms with Gasteiger partial charge >= 0.3 is 11.2 Å². The van der Waals surface area contributed by atoms with Gasteiger partial charge in [0, 0.05) is 37.9 Å². The van der Waals surface area contributed by atoms with E-state index in [1.165, 1.54) is 30.6 Å². The minimum atomic E-state index is -0.519. The third-order valence-corrected chi connectivity index (χ3v) is 5.30. The Bertz CT molecular complexity index is 1140. The molecule has 166 valence electrons.